The van der Waals surface area contributed by atoms with Gasteiger partial charge in [-0.3, -0.25) is 0 Å². The topological polar surface area (TPSA) is 3.24 Å². The zero-order valence-electron chi connectivity index (χ0n) is 34.9. The summed E-state index contributed by atoms with van der Waals surface area (Å²) in [5.41, 5.74) is 16.4. The maximum atomic E-state index is 2.55. The van der Waals surface area contributed by atoms with Crippen molar-refractivity contribution in [3.63, 3.8) is 0 Å². The molecule has 10 aromatic carbocycles. The number of benzene rings is 10. The smallest absolute Gasteiger partial charge is 0.0546 e. The average molecular weight is 782 g/mol. The highest BCUT2D eigenvalue weighted by Crippen LogP contribution is 2.51. The van der Waals surface area contributed by atoms with Crippen LogP contribution in [0.25, 0.3) is 77.2 Å². The van der Waals surface area contributed by atoms with E-state index in [9.17, 15) is 0 Å². The Morgan fingerprint density at radius 3 is 1.49 bits per heavy atom. The largest absolute Gasteiger partial charge is 0.309 e. The van der Waals surface area contributed by atoms with Crippen LogP contribution in [0.15, 0.2) is 231 Å². The minimum absolute atomic E-state index is 0.0505. The van der Waals surface area contributed by atoms with Gasteiger partial charge in [-0.25, -0.2) is 0 Å². The summed E-state index contributed by atoms with van der Waals surface area (Å²) in [5, 5.41) is 4.91. The lowest BCUT2D eigenvalue weighted by molar-refractivity contribution is 0.590. The van der Waals surface area contributed by atoms with Crippen LogP contribution in [0, 0.1) is 0 Å². The van der Waals surface area contributed by atoms with Crippen molar-refractivity contribution in [3.8, 4) is 55.6 Å². The predicted molar refractivity (Wildman–Crippen MR) is 262 cm³/mol. The summed E-state index contributed by atoms with van der Waals surface area (Å²) < 4.78 is 0. The Hall–Kier alpha value is -7.48. The molecule has 0 saturated carbocycles. The summed E-state index contributed by atoms with van der Waals surface area (Å²) in [7, 11) is 0. The highest BCUT2D eigenvalue weighted by molar-refractivity contribution is 6.10. The first-order valence-electron chi connectivity index (χ1n) is 21.3. The summed E-state index contributed by atoms with van der Waals surface area (Å²) in [6.07, 6.45) is 0. The Labute approximate surface area is 359 Å². The second kappa shape index (κ2) is 15.9. The maximum Gasteiger partial charge on any atom is 0.0546 e. The standard InChI is InChI=1S/C60H47N/c1-60(2,3)48-37-39-57(55(41-48)45-24-11-6-12-25-45)61(56-35-16-15-31-53(56)54-34-19-29-46-28-18-33-52(59(46)54)44-22-9-5-10-23-44)58-40-47(36-38-51(58)43-20-7-4-8-21-43)50-32-17-27-42-26-13-14-30-49(42)50/h4-41H,1-3H3. The molecule has 0 bridgehead atoms. The Balaban J connectivity index is 1.33. The molecule has 0 unspecified atom stereocenters. The molecule has 0 fully saturated rings. The molecule has 10 rings (SSSR count). The number of anilines is 3. The molecule has 0 aliphatic heterocycles. The van der Waals surface area contributed by atoms with E-state index in [1.807, 2.05) is 0 Å². The number of nitrogens with zero attached hydrogens (tertiary/aromatic N) is 1. The molecule has 0 atom stereocenters. The Kier molecular flexibility index (Phi) is 9.87. The van der Waals surface area contributed by atoms with Gasteiger partial charge in [0.2, 0.25) is 0 Å². The molecule has 0 heterocycles. The fourth-order valence-electron chi connectivity index (χ4n) is 8.98. The van der Waals surface area contributed by atoms with Crippen LogP contribution in [-0.2, 0) is 5.41 Å². The number of hydrogen-bond donors (Lipinski definition) is 0. The zero-order valence-corrected chi connectivity index (χ0v) is 34.9. The first-order chi connectivity index (χ1) is 29.9. The molecule has 0 aliphatic carbocycles. The molecule has 292 valence electrons. The minimum Gasteiger partial charge on any atom is -0.309 e. The Morgan fingerprint density at radius 1 is 0.295 bits per heavy atom. The molecular weight excluding hydrogens is 735 g/mol. The SMILES string of the molecule is CC(C)(C)c1ccc(N(c2cc(-c3cccc4ccccc34)ccc2-c2ccccc2)c2ccccc2-c2cccc3cccc(-c4ccccc4)c23)c(-c2ccccc2)c1. The van der Waals surface area contributed by atoms with E-state index in [1.54, 1.807) is 0 Å². The van der Waals surface area contributed by atoms with Crippen LogP contribution < -0.4 is 4.90 Å². The van der Waals surface area contributed by atoms with Crippen LogP contribution in [0.1, 0.15) is 26.3 Å². The summed E-state index contributed by atoms with van der Waals surface area (Å²) in [6.45, 7) is 6.90. The van der Waals surface area contributed by atoms with E-state index in [0.29, 0.717) is 0 Å². The lowest BCUT2D eigenvalue weighted by Gasteiger charge is -2.33. The Bertz CT molecular complexity index is 3150. The lowest BCUT2D eigenvalue weighted by atomic mass is 9.84. The first kappa shape index (κ1) is 37.8. The molecule has 0 aliphatic rings. The molecular formula is C60H47N. The molecule has 0 spiro atoms. The van der Waals surface area contributed by atoms with Crippen LogP contribution >= 0.6 is 0 Å². The maximum absolute atomic E-state index is 2.55. The van der Waals surface area contributed by atoms with E-state index in [1.165, 1.54) is 60.5 Å². The molecule has 1 nitrogen and oxygen atoms in total. The third-order valence-corrected chi connectivity index (χ3v) is 12.0. The molecule has 61 heavy (non-hydrogen) atoms. The molecule has 0 amide bonds. The third kappa shape index (κ3) is 7.19. The van der Waals surface area contributed by atoms with Gasteiger partial charge in [0, 0.05) is 16.7 Å². The van der Waals surface area contributed by atoms with Crippen molar-refractivity contribution in [2.24, 2.45) is 0 Å². The number of para-hydroxylation sites is 1. The molecule has 1 heteroatoms. The highest BCUT2D eigenvalue weighted by atomic mass is 15.2. The Morgan fingerprint density at radius 2 is 0.803 bits per heavy atom. The van der Waals surface area contributed by atoms with Gasteiger partial charge in [0.1, 0.15) is 0 Å². The predicted octanol–water partition coefficient (Wildman–Crippen LogP) is 17.1. The van der Waals surface area contributed by atoms with Crippen molar-refractivity contribution in [1.82, 2.24) is 0 Å². The van der Waals surface area contributed by atoms with Crippen LogP contribution in [-0.4, -0.2) is 0 Å². The second-order valence-corrected chi connectivity index (χ2v) is 16.9. The van der Waals surface area contributed by atoms with Gasteiger partial charge in [-0.1, -0.05) is 227 Å². The monoisotopic (exact) mass is 781 g/mol. The summed E-state index contributed by atoms with van der Waals surface area (Å²) >= 11 is 0. The van der Waals surface area contributed by atoms with Crippen molar-refractivity contribution in [2.45, 2.75) is 26.2 Å². The van der Waals surface area contributed by atoms with Gasteiger partial charge < -0.3 is 4.90 Å². The van der Waals surface area contributed by atoms with Gasteiger partial charge in [0.25, 0.3) is 0 Å². The van der Waals surface area contributed by atoms with Crippen LogP contribution in [0.5, 0.6) is 0 Å². The van der Waals surface area contributed by atoms with Gasteiger partial charge in [0.15, 0.2) is 0 Å². The van der Waals surface area contributed by atoms with Gasteiger partial charge in [-0.2, -0.15) is 0 Å². The quantitative estimate of drug-likeness (QED) is 0.148. The van der Waals surface area contributed by atoms with Gasteiger partial charge in [-0.05, 0) is 95.7 Å². The van der Waals surface area contributed by atoms with E-state index < -0.39 is 0 Å². The molecule has 0 radical (unpaired) electrons. The zero-order chi connectivity index (χ0) is 41.3. The molecule has 0 aromatic heterocycles. The summed E-state index contributed by atoms with van der Waals surface area (Å²) in [4.78, 5) is 2.55. The van der Waals surface area contributed by atoms with Gasteiger partial charge in [0.05, 0.1) is 17.1 Å². The van der Waals surface area contributed by atoms with E-state index in [4.69, 9.17) is 0 Å². The second-order valence-electron chi connectivity index (χ2n) is 16.9. The van der Waals surface area contributed by atoms with E-state index in [2.05, 4.69) is 256 Å². The highest BCUT2D eigenvalue weighted by Gasteiger charge is 2.26. The molecule has 10 aromatic rings. The van der Waals surface area contributed by atoms with Crippen LogP contribution in [0.4, 0.5) is 17.1 Å². The fourth-order valence-corrected chi connectivity index (χ4v) is 8.98. The van der Waals surface area contributed by atoms with E-state index in [0.717, 1.165) is 39.3 Å². The number of fused-ring (bicyclic) bond motifs is 2. The summed E-state index contributed by atoms with van der Waals surface area (Å²) in [6, 6.07) is 84.5. The third-order valence-electron chi connectivity index (χ3n) is 12.0. The van der Waals surface area contributed by atoms with E-state index >= 15 is 0 Å². The minimum atomic E-state index is -0.0505. The molecule has 0 saturated heterocycles. The van der Waals surface area contributed by atoms with Crippen molar-refractivity contribution in [3.05, 3.63) is 236 Å². The van der Waals surface area contributed by atoms with Crippen molar-refractivity contribution < 1.29 is 0 Å². The lowest BCUT2D eigenvalue weighted by Crippen LogP contribution is -2.16. The average Bonchev–Trinajstić information content (AvgIpc) is 3.32. The van der Waals surface area contributed by atoms with Crippen LogP contribution in [0.2, 0.25) is 0 Å². The molecule has 0 N–H and O–H groups in total. The summed E-state index contributed by atoms with van der Waals surface area (Å²) in [5.74, 6) is 0. The van der Waals surface area contributed by atoms with Crippen LogP contribution in [0.3, 0.4) is 0 Å². The fraction of sp³-hybridized carbons (Fsp3) is 0.0667. The van der Waals surface area contributed by atoms with Gasteiger partial charge in [-0.15, -0.1) is 0 Å². The van der Waals surface area contributed by atoms with Gasteiger partial charge >= 0.3 is 0 Å². The van der Waals surface area contributed by atoms with E-state index in [-0.39, 0.29) is 5.41 Å². The van der Waals surface area contributed by atoms with Crippen molar-refractivity contribution in [2.75, 3.05) is 4.90 Å². The number of hydrogen-bond acceptors (Lipinski definition) is 1. The number of rotatable bonds is 8. The normalized spacial score (nSPS) is 11.5. The van der Waals surface area contributed by atoms with Crippen molar-refractivity contribution in [1.29, 1.82) is 0 Å². The first-order valence-corrected chi connectivity index (χ1v) is 21.3. The van der Waals surface area contributed by atoms with Crippen molar-refractivity contribution >= 4 is 38.6 Å².